The Morgan fingerprint density at radius 2 is 0.980 bits per heavy atom. The van der Waals surface area contributed by atoms with Crippen molar-refractivity contribution in [3.8, 4) is 34.8 Å². The first-order valence-corrected chi connectivity index (χ1v) is 32.8. The second kappa shape index (κ2) is 30.1. The number of aromatic nitrogens is 4. The Balaban J connectivity index is 0.000000184. The van der Waals surface area contributed by atoms with Gasteiger partial charge in [-0.1, -0.05) is 41.1 Å². The lowest BCUT2D eigenvalue weighted by atomic mass is 9.76. The quantitative estimate of drug-likeness (QED) is 0.0568. The Labute approximate surface area is 582 Å². The molecule has 6 aromatic rings. The molecule has 4 N–H and O–H groups in total. The van der Waals surface area contributed by atoms with Crippen molar-refractivity contribution in [2.24, 2.45) is 0 Å². The molecule has 28 heteroatoms. The molecule has 4 amide bonds. The van der Waals surface area contributed by atoms with Crippen LogP contribution < -0.4 is 36.5 Å². The first-order chi connectivity index (χ1) is 46.7. The molecule has 3 aliphatic heterocycles. The molecule has 530 valence electrons. The van der Waals surface area contributed by atoms with Gasteiger partial charge in [-0.3, -0.25) is 19.6 Å². The number of anilines is 4. The summed E-state index contributed by atoms with van der Waals surface area (Å²) in [4.78, 5) is 69.9. The summed E-state index contributed by atoms with van der Waals surface area (Å²) in [6.45, 7) is 27.8. The summed E-state index contributed by atoms with van der Waals surface area (Å²) in [6.07, 6.45) is -5.36. The zero-order valence-electron chi connectivity index (χ0n) is 57.7. The van der Waals surface area contributed by atoms with E-state index < -0.39 is 88.3 Å². The number of alkyl halides is 6. The van der Waals surface area contributed by atoms with Crippen molar-refractivity contribution >= 4 is 71.2 Å². The van der Waals surface area contributed by atoms with Crippen molar-refractivity contribution in [3.63, 3.8) is 0 Å². The molecule has 0 radical (unpaired) electrons. The van der Waals surface area contributed by atoms with Crippen molar-refractivity contribution in [2.45, 2.75) is 155 Å². The second-order valence-electron chi connectivity index (χ2n) is 27.7. The van der Waals surface area contributed by atoms with Crippen molar-refractivity contribution in [1.82, 2.24) is 30.6 Å². The van der Waals surface area contributed by atoms with Crippen LogP contribution in [0.3, 0.4) is 0 Å². The fourth-order valence-electron chi connectivity index (χ4n) is 10.2. The van der Waals surface area contributed by atoms with Crippen molar-refractivity contribution < 1.29 is 73.8 Å². The van der Waals surface area contributed by atoms with Gasteiger partial charge in [0, 0.05) is 66.1 Å². The highest BCUT2D eigenvalue weighted by Gasteiger charge is 2.52. The molecule has 5 aliphatic rings. The minimum atomic E-state index is -4.67. The first kappa shape index (κ1) is 75.2. The predicted octanol–water partition coefficient (Wildman–Crippen LogP) is 12.9. The van der Waals surface area contributed by atoms with E-state index in [1.165, 1.54) is 12.1 Å². The monoisotopic (exact) mass is 1400 g/mol. The Bertz CT molecular complexity index is 4140. The lowest BCUT2D eigenvalue weighted by Gasteiger charge is -2.32. The van der Waals surface area contributed by atoms with E-state index in [0.717, 1.165) is 84.0 Å². The number of nitrogens with zero attached hydrogens (tertiary/aromatic N) is 6. The summed E-state index contributed by atoms with van der Waals surface area (Å²) in [5.74, 6) is 12.7. The molecular weight excluding hydrogens is 1330 g/mol. The van der Waals surface area contributed by atoms with Crippen molar-refractivity contribution in [2.75, 3.05) is 73.0 Å². The van der Waals surface area contributed by atoms with Gasteiger partial charge in [-0.2, -0.15) is 26.3 Å². The van der Waals surface area contributed by atoms with E-state index >= 15 is 0 Å². The number of nitrogens with one attached hydrogen (secondary N) is 4. The van der Waals surface area contributed by atoms with Gasteiger partial charge in [-0.05, 0) is 216 Å². The number of alkyl carbamates (subject to hydrolysis) is 2. The van der Waals surface area contributed by atoms with E-state index in [1.807, 2.05) is 86.6 Å². The van der Waals surface area contributed by atoms with E-state index in [2.05, 4.69) is 69.7 Å². The Hall–Kier alpha value is -8.99. The molecule has 4 aromatic heterocycles. The molecule has 0 atom stereocenters. The lowest BCUT2D eigenvalue weighted by molar-refractivity contribution is -0.142. The minimum absolute atomic E-state index is 0.134. The van der Waals surface area contributed by atoms with Crippen LogP contribution in [0.5, 0.6) is 0 Å². The standard InChI is InChI=1S/C33H34F3N5O4.C20H22BF3N2O3.C19H24ClN3O3/c1-21-5-6-24(39-29(42)22-8-12-37-27(18-22)33(34,35)36)20-26(21)23-17-25(38-28(19-23)41-13-15-44-16-14-41)7-9-32(10-11-32)40-30(43)45-31(2,3)4;1-12-6-7-14(11-15(12)21-28-18(2,3)19(4,5)29-21)26-17(27)13-8-9-25-16(10-13)20(22,23)24;1-18(2,3)26-17(24)22-19(6-7-19)5-4-15-12-14(20)13-16(21-15)23-8-10-25-11-9-23/h5-6,8,12,17-20H,10-11,13-16H2,1-4H3,(H,39,42)(H,40,43);6-11H,1-5H3,(H,26,27);12-13H,6-11H2,1-3H3,(H,22,24). The molecule has 5 fully saturated rings. The maximum Gasteiger partial charge on any atom is 0.495 e. The van der Waals surface area contributed by atoms with E-state index in [4.69, 9.17) is 44.8 Å². The topological polar surface area (TPSA) is 230 Å². The van der Waals surface area contributed by atoms with E-state index in [-0.39, 0.29) is 11.1 Å². The maximum absolute atomic E-state index is 13.1. The number of hydrogen-bond donors (Lipinski definition) is 4. The van der Waals surface area contributed by atoms with Crippen molar-refractivity contribution in [1.29, 1.82) is 0 Å². The van der Waals surface area contributed by atoms with E-state index in [9.17, 15) is 45.5 Å². The Morgan fingerprint density at radius 1 is 0.560 bits per heavy atom. The van der Waals surface area contributed by atoms with Crippen LogP contribution in [-0.4, -0.2) is 137 Å². The highest BCUT2D eigenvalue weighted by atomic mass is 35.5. The van der Waals surface area contributed by atoms with Gasteiger partial charge in [0.1, 0.15) is 56.7 Å². The molecule has 2 aliphatic carbocycles. The smallest absolute Gasteiger partial charge is 0.444 e. The molecule has 0 bridgehead atoms. The third kappa shape index (κ3) is 20.8. The molecule has 11 rings (SSSR count). The zero-order chi connectivity index (χ0) is 72.8. The van der Waals surface area contributed by atoms with E-state index in [1.54, 1.807) is 57.2 Å². The molecule has 20 nitrogen and oxygen atoms in total. The molecule has 7 heterocycles. The van der Waals surface area contributed by atoms with Crippen LogP contribution in [0.15, 0.2) is 97.3 Å². The molecule has 0 unspecified atom stereocenters. The largest absolute Gasteiger partial charge is 0.495 e. The fourth-order valence-corrected chi connectivity index (χ4v) is 10.4. The van der Waals surface area contributed by atoms with Gasteiger partial charge in [0.25, 0.3) is 11.8 Å². The lowest BCUT2D eigenvalue weighted by Crippen LogP contribution is -2.41. The first-order valence-electron chi connectivity index (χ1n) is 32.4. The highest BCUT2D eigenvalue weighted by molar-refractivity contribution is 6.62. The van der Waals surface area contributed by atoms with Crippen LogP contribution in [0, 0.1) is 37.5 Å². The number of benzene rings is 2. The van der Waals surface area contributed by atoms with E-state index in [0.29, 0.717) is 86.0 Å². The third-order valence-corrected chi connectivity index (χ3v) is 16.8. The number of rotatable bonds is 10. The summed E-state index contributed by atoms with van der Waals surface area (Å²) in [6, 6.07) is 21.7. The average molecular weight is 1410 g/mol. The highest BCUT2D eigenvalue weighted by Crippen LogP contribution is 2.39. The molecule has 2 aromatic carbocycles. The van der Waals surface area contributed by atoms with Gasteiger partial charge in [-0.25, -0.2) is 19.6 Å². The molecule has 2 saturated carbocycles. The van der Waals surface area contributed by atoms with Gasteiger partial charge in [0.2, 0.25) is 0 Å². The van der Waals surface area contributed by atoms with Gasteiger partial charge in [0.15, 0.2) is 0 Å². The number of carbonyl (C=O) groups is 4. The summed E-state index contributed by atoms with van der Waals surface area (Å²) in [7, 11) is -0.616. The maximum atomic E-state index is 13.1. The SMILES string of the molecule is CC(C)(C)OC(=O)NC1(C#Cc2cc(Cl)cc(N3CCOCC3)n2)CC1.Cc1ccc(NC(=O)c2ccnc(C(F)(F)F)c2)cc1-c1cc(C#CC2(NC(=O)OC(C)(C)C)CC2)nc(N2CCOCC2)c1.Cc1ccc(NC(=O)c2ccnc(C(F)(F)F)c2)cc1B1OC(C)(C)C(C)(C)O1. The van der Waals surface area contributed by atoms with Crippen LogP contribution in [0.4, 0.5) is 58.9 Å². The van der Waals surface area contributed by atoms with Gasteiger partial charge in [-0.15, -0.1) is 0 Å². The van der Waals surface area contributed by atoms with Gasteiger partial charge in [0.05, 0.1) is 37.6 Å². The second-order valence-corrected chi connectivity index (χ2v) is 28.1. The molecule has 0 spiro atoms. The van der Waals surface area contributed by atoms with Gasteiger partial charge < -0.3 is 59.3 Å². The number of amides is 4. The number of pyridine rings is 4. The number of carbonyl (C=O) groups excluding carboxylic acids is 4. The third-order valence-electron chi connectivity index (χ3n) is 16.6. The molecule has 3 saturated heterocycles. The number of ether oxygens (including phenoxy) is 4. The molecule has 100 heavy (non-hydrogen) atoms. The predicted molar refractivity (Wildman–Crippen MR) is 367 cm³/mol. The summed E-state index contributed by atoms with van der Waals surface area (Å²) in [5.41, 5.74) is 0.0801. The van der Waals surface area contributed by atoms with Gasteiger partial charge >= 0.3 is 31.7 Å². The number of halogens is 7. The number of aryl methyl sites for hydroxylation is 2. The number of hydrogen-bond acceptors (Lipinski definition) is 16. The van der Waals surface area contributed by atoms with Crippen LogP contribution in [-0.2, 0) is 40.6 Å². The summed E-state index contributed by atoms with van der Waals surface area (Å²) < 4.78 is 112. The summed E-state index contributed by atoms with van der Waals surface area (Å²) in [5, 5.41) is 11.7. The number of morpholine rings is 2. The van der Waals surface area contributed by atoms with Crippen LogP contribution in [0.25, 0.3) is 11.1 Å². The zero-order valence-corrected chi connectivity index (χ0v) is 58.5. The molecular formula is C72H80BClF6N10O10. The van der Waals surface area contributed by atoms with Crippen LogP contribution in [0.2, 0.25) is 5.02 Å². The average Bonchev–Trinajstić information content (AvgIpc) is 1.58. The van der Waals surface area contributed by atoms with Crippen molar-refractivity contribution in [3.05, 3.63) is 147 Å². The van der Waals surface area contributed by atoms with Crippen LogP contribution >= 0.6 is 11.6 Å². The normalized spacial score (nSPS) is 17.2. The fraction of sp³-hybridized carbons (Fsp3) is 0.444. The minimum Gasteiger partial charge on any atom is -0.444 e. The Kier molecular flexibility index (Phi) is 22.6. The Morgan fingerprint density at radius 3 is 1.41 bits per heavy atom. The summed E-state index contributed by atoms with van der Waals surface area (Å²) >= 11 is 6.24. The van der Waals surface area contributed by atoms with Crippen LogP contribution in [0.1, 0.15) is 150 Å².